The molecule has 3 heteroatoms. The lowest BCUT2D eigenvalue weighted by Gasteiger charge is -2.37. The van der Waals surface area contributed by atoms with E-state index in [1.54, 1.807) is 0 Å². The van der Waals surface area contributed by atoms with Crippen LogP contribution in [0.15, 0.2) is 0 Å². The molecule has 0 aliphatic carbocycles. The monoisotopic (exact) mass is 258 g/mol. The topological polar surface area (TPSA) is 29.3 Å². The minimum Gasteiger partial charge on any atom is -0.329 e. The molecule has 0 aromatic rings. The SMILES string of the molecule is CCCCCCC(CN)N1CCSC(CC)C1. The quantitative estimate of drug-likeness (QED) is 0.678. The molecule has 1 rings (SSSR count). The van der Waals surface area contributed by atoms with E-state index in [-0.39, 0.29) is 0 Å². The Morgan fingerprint density at radius 3 is 2.76 bits per heavy atom. The molecular weight excluding hydrogens is 228 g/mol. The van der Waals surface area contributed by atoms with Crippen molar-refractivity contribution in [1.82, 2.24) is 4.90 Å². The maximum Gasteiger partial charge on any atom is 0.0219 e. The Kier molecular flexibility index (Phi) is 8.33. The highest BCUT2D eigenvalue weighted by Gasteiger charge is 2.24. The fraction of sp³-hybridized carbons (Fsp3) is 1.00. The van der Waals surface area contributed by atoms with Gasteiger partial charge in [0, 0.05) is 36.7 Å². The van der Waals surface area contributed by atoms with Crippen LogP contribution in [0.1, 0.15) is 52.4 Å². The van der Waals surface area contributed by atoms with Gasteiger partial charge in [0.1, 0.15) is 0 Å². The number of nitrogens with zero attached hydrogens (tertiary/aromatic N) is 1. The van der Waals surface area contributed by atoms with Gasteiger partial charge in [-0.25, -0.2) is 0 Å². The molecule has 2 unspecified atom stereocenters. The molecule has 1 aliphatic rings. The third kappa shape index (κ3) is 5.62. The second kappa shape index (κ2) is 9.23. The number of hydrogen-bond acceptors (Lipinski definition) is 3. The van der Waals surface area contributed by atoms with E-state index < -0.39 is 0 Å². The van der Waals surface area contributed by atoms with Gasteiger partial charge in [0.2, 0.25) is 0 Å². The van der Waals surface area contributed by atoms with Crippen LogP contribution in [0.2, 0.25) is 0 Å². The zero-order valence-corrected chi connectivity index (χ0v) is 12.5. The molecule has 2 nitrogen and oxygen atoms in total. The maximum absolute atomic E-state index is 5.96. The predicted octanol–water partition coefficient (Wildman–Crippen LogP) is 3.11. The summed E-state index contributed by atoms with van der Waals surface area (Å²) in [4.78, 5) is 2.65. The predicted molar refractivity (Wildman–Crippen MR) is 79.7 cm³/mol. The van der Waals surface area contributed by atoms with Crippen LogP contribution in [0.5, 0.6) is 0 Å². The van der Waals surface area contributed by atoms with E-state index in [0.29, 0.717) is 6.04 Å². The van der Waals surface area contributed by atoms with E-state index in [9.17, 15) is 0 Å². The van der Waals surface area contributed by atoms with Gasteiger partial charge in [0.15, 0.2) is 0 Å². The Hall–Kier alpha value is 0.270. The van der Waals surface area contributed by atoms with Crippen molar-refractivity contribution in [2.45, 2.75) is 63.7 Å². The molecule has 1 aliphatic heterocycles. The van der Waals surface area contributed by atoms with Crippen LogP contribution < -0.4 is 5.73 Å². The van der Waals surface area contributed by atoms with E-state index >= 15 is 0 Å². The zero-order valence-electron chi connectivity index (χ0n) is 11.7. The summed E-state index contributed by atoms with van der Waals surface area (Å²) in [7, 11) is 0. The first-order valence-electron chi connectivity index (χ1n) is 7.37. The van der Waals surface area contributed by atoms with E-state index in [1.807, 2.05) is 0 Å². The van der Waals surface area contributed by atoms with Crippen LogP contribution in [0.4, 0.5) is 0 Å². The summed E-state index contributed by atoms with van der Waals surface area (Å²) in [6, 6.07) is 0.641. The lowest BCUT2D eigenvalue weighted by Crippen LogP contribution is -2.47. The van der Waals surface area contributed by atoms with Gasteiger partial charge in [-0.1, -0.05) is 39.5 Å². The molecule has 0 bridgehead atoms. The van der Waals surface area contributed by atoms with Gasteiger partial charge < -0.3 is 5.73 Å². The van der Waals surface area contributed by atoms with Crippen LogP contribution in [0, 0.1) is 0 Å². The Bertz CT molecular complexity index is 187. The van der Waals surface area contributed by atoms with Crippen molar-refractivity contribution in [2.75, 3.05) is 25.4 Å². The molecule has 0 aromatic heterocycles. The minimum absolute atomic E-state index is 0.641. The third-order valence-corrected chi connectivity index (χ3v) is 5.18. The van der Waals surface area contributed by atoms with Crippen molar-refractivity contribution in [3.05, 3.63) is 0 Å². The first-order valence-corrected chi connectivity index (χ1v) is 8.42. The molecule has 0 amide bonds. The van der Waals surface area contributed by atoms with Crippen LogP contribution >= 0.6 is 11.8 Å². The Morgan fingerprint density at radius 1 is 1.29 bits per heavy atom. The molecule has 0 radical (unpaired) electrons. The summed E-state index contributed by atoms with van der Waals surface area (Å²) >= 11 is 2.14. The molecule has 0 spiro atoms. The van der Waals surface area contributed by atoms with Gasteiger partial charge >= 0.3 is 0 Å². The molecule has 0 saturated carbocycles. The number of thioether (sulfide) groups is 1. The van der Waals surface area contributed by atoms with E-state index in [4.69, 9.17) is 5.73 Å². The van der Waals surface area contributed by atoms with Crippen LogP contribution in [-0.4, -0.2) is 41.6 Å². The number of hydrogen-bond donors (Lipinski definition) is 1. The molecule has 1 heterocycles. The van der Waals surface area contributed by atoms with Crippen LogP contribution in [-0.2, 0) is 0 Å². The lowest BCUT2D eigenvalue weighted by atomic mass is 10.1. The number of rotatable bonds is 8. The van der Waals surface area contributed by atoms with Gasteiger partial charge in [0.05, 0.1) is 0 Å². The average Bonchev–Trinajstić information content (AvgIpc) is 2.39. The van der Waals surface area contributed by atoms with E-state index in [1.165, 1.54) is 57.4 Å². The highest BCUT2D eigenvalue weighted by atomic mass is 32.2. The Labute approximate surface area is 112 Å². The fourth-order valence-electron chi connectivity index (χ4n) is 2.58. The molecule has 1 fully saturated rings. The molecule has 0 aromatic carbocycles. The summed E-state index contributed by atoms with van der Waals surface area (Å²) in [6.07, 6.45) is 8.05. The van der Waals surface area contributed by atoms with Crippen molar-refractivity contribution in [3.63, 3.8) is 0 Å². The van der Waals surface area contributed by atoms with Gasteiger partial charge in [0.25, 0.3) is 0 Å². The van der Waals surface area contributed by atoms with E-state index in [2.05, 4.69) is 30.5 Å². The Balaban J connectivity index is 2.27. The largest absolute Gasteiger partial charge is 0.329 e. The first kappa shape index (κ1) is 15.3. The number of unbranched alkanes of at least 4 members (excludes halogenated alkanes) is 3. The molecule has 17 heavy (non-hydrogen) atoms. The molecular formula is C14H30N2S. The first-order chi connectivity index (χ1) is 8.31. The van der Waals surface area contributed by atoms with Crippen LogP contribution in [0.25, 0.3) is 0 Å². The van der Waals surface area contributed by atoms with Crippen molar-refractivity contribution in [2.24, 2.45) is 5.73 Å². The van der Waals surface area contributed by atoms with Gasteiger partial charge in [-0.05, 0) is 12.8 Å². The fourth-order valence-corrected chi connectivity index (χ4v) is 3.78. The second-order valence-electron chi connectivity index (χ2n) is 5.13. The molecule has 102 valence electrons. The average molecular weight is 258 g/mol. The maximum atomic E-state index is 5.96. The number of nitrogens with two attached hydrogens (primary N) is 1. The van der Waals surface area contributed by atoms with E-state index in [0.717, 1.165) is 11.8 Å². The highest BCUT2D eigenvalue weighted by molar-refractivity contribution is 8.00. The van der Waals surface area contributed by atoms with Crippen molar-refractivity contribution in [1.29, 1.82) is 0 Å². The normalized spacial score (nSPS) is 23.8. The van der Waals surface area contributed by atoms with Crippen molar-refractivity contribution >= 4 is 11.8 Å². The summed E-state index contributed by atoms with van der Waals surface area (Å²) in [5.41, 5.74) is 5.96. The molecule has 1 saturated heterocycles. The van der Waals surface area contributed by atoms with Gasteiger partial charge in [-0.2, -0.15) is 11.8 Å². The highest BCUT2D eigenvalue weighted by Crippen LogP contribution is 2.23. The lowest BCUT2D eigenvalue weighted by molar-refractivity contribution is 0.193. The molecule has 2 atom stereocenters. The standard InChI is InChI=1S/C14H30N2S/c1-3-5-6-7-8-13(11-15)16-9-10-17-14(4-2)12-16/h13-14H,3-12,15H2,1-2H3. The second-order valence-corrected chi connectivity index (χ2v) is 6.54. The zero-order chi connectivity index (χ0) is 12.5. The summed E-state index contributed by atoms with van der Waals surface area (Å²) in [6.45, 7) is 7.93. The van der Waals surface area contributed by atoms with Gasteiger partial charge in [-0.15, -0.1) is 0 Å². The minimum atomic E-state index is 0.641. The molecule has 2 N–H and O–H groups in total. The smallest absolute Gasteiger partial charge is 0.0219 e. The third-order valence-electron chi connectivity index (χ3n) is 3.80. The van der Waals surface area contributed by atoms with Crippen molar-refractivity contribution in [3.8, 4) is 0 Å². The van der Waals surface area contributed by atoms with Gasteiger partial charge in [-0.3, -0.25) is 4.90 Å². The summed E-state index contributed by atoms with van der Waals surface area (Å²) in [5, 5.41) is 0.841. The summed E-state index contributed by atoms with van der Waals surface area (Å²) < 4.78 is 0. The summed E-state index contributed by atoms with van der Waals surface area (Å²) in [5.74, 6) is 1.30. The van der Waals surface area contributed by atoms with Crippen LogP contribution in [0.3, 0.4) is 0 Å². The Morgan fingerprint density at radius 2 is 2.12 bits per heavy atom. The van der Waals surface area contributed by atoms with Crippen molar-refractivity contribution < 1.29 is 0 Å².